The third kappa shape index (κ3) is 4.62. The van der Waals surface area contributed by atoms with Crippen molar-refractivity contribution in [2.75, 3.05) is 0 Å². The number of carboxylic acid groups (broad SMARTS) is 1. The molecule has 0 spiro atoms. The van der Waals surface area contributed by atoms with Gasteiger partial charge in [-0.15, -0.1) is 12.3 Å². The molecule has 126 valence electrons. The Hall–Kier alpha value is -2.75. The van der Waals surface area contributed by atoms with Gasteiger partial charge in [0.1, 0.15) is 0 Å². The molecule has 1 aromatic heterocycles. The molecule has 0 radical (unpaired) electrons. The SMILES string of the molecule is C#CCCC1(CCC(=O)NC(C)(CC(=O)O)c2cccnc2)N=N1. The molecule has 0 saturated carbocycles. The number of carboxylic acids is 1. The monoisotopic (exact) mass is 328 g/mol. The Labute approximate surface area is 140 Å². The lowest BCUT2D eigenvalue weighted by Gasteiger charge is -2.29. The van der Waals surface area contributed by atoms with Crippen LogP contribution in [0.4, 0.5) is 0 Å². The van der Waals surface area contributed by atoms with Gasteiger partial charge in [0.25, 0.3) is 0 Å². The molecule has 2 rings (SSSR count). The topological polar surface area (TPSA) is 104 Å². The van der Waals surface area contributed by atoms with Gasteiger partial charge in [-0.05, 0) is 18.6 Å². The fourth-order valence-corrected chi connectivity index (χ4v) is 2.56. The molecule has 2 heterocycles. The van der Waals surface area contributed by atoms with Crippen LogP contribution >= 0.6 is 0 Å². The fraction of sp³-hybridized carbons (Fsp3) is 0.471. The zero-order chi connectivity index (χ0) is 17.6. The van der Waals surface area contributed by atoms with E-state index in [1.807, 2.05) is 0 Å². The summed E-state index contributed by atoms with van der Waals surface area (Å²) >= 11 is 0. The zero-order valence-corrected chi connectivity index (χ0v) is 13.5. The molecule has 0 saturated heterocycles. The largest absolute Gasteiger partial charge is 0.481 e. The smallest absolute Gasteiger partial charge is 0.306 e. The second-order valence-electron chi connectivity index (χ2n) is 6.08. The highest BCUT2D eigenvalue weighted by Gasteiger charge is 2.40. The van der Waals surface area contributed by atoms with Crippen LogP contribution in [0.5, 0.6) is 0 Å². The molecule has 2 N–H and O–H groups in total. The van der Waals surface area contributed by atoms with Crippen molar-refractivity contribution < 1.29 is 14.7 Å². The van der Waals surface area contributed by atoms with Crippen molar-refractivity contribution >= 4 is 11.9 Å². The van der Waals surface area contributed by atoms with Crippen molar-refractivity contribution in [1.29, 1.82) is 0 Å². The molecule has 1 aliphatic heterocycles. The number of aromatic nitrogens is 1. The van der Waals surface area contributed by atoms with Crippen LogP contribution in [0.2, 0.25) is 0 Å². The molecule has 0 aromatic carbocycles. The number of carbonyl (C=O) groups excluding carboxylic acids is 1. The van der Waals surface area contributed by atoms with Crippen molar-refractivity contribution in [2.24, 2.45) is 10.2 Å². The molecule has 1 aliphatic rings. The quantitative estimate of drug-likeness (QED) is 0.678. The van der Waals surface area contributed by atoms with E-state index in [1.54, 1.807) is 31.5 Å². The number of terminal acetylenes is 1. The van der Waals surface area contributed by atoms with Crippen LogP contribution in [0, 0.1) is 12.3 Å². The molecule has 1 atom stereocenters. The zero-order valence-electron chi connectivity index (χ0n) is 13.5. The lowest BCUT2D eigenvalue weighted by atomic mass is 9.89. The van der Waals surface area contributed by atoms with Gasteiger partial charge in [-0.2, -0.15) is 10.2 Å². The number of rotatable bonds is 9. The molecule has 1 amide bonds. The standard InChI is InChI=1S/C17H20N4O3/c1-3-4-8-17(20-21-17)9-7-14(22)19-16(2,11-15(23)24)13-6-5-10-18-12-13/h1,5-6,10,12H,4,7-9,11H2,2H3,(H,19,22)(H,23,24). The van der Waals surface area contributed by atoms with Crippen LogP contribution in [-0.2, 0) is 15.1 Å². The Balaban J connectivity index is 1.98. The highest BCUT2D eigenvalue weighted by molar-refractivity contribution is 5.78. The number of nitrogens with zero attached hydrogens (tertiary/aromatic N) is 3. The van der Waals surface area contributed by atoms with E-state index in [0.29, 0.717) is 24.8 Å². The Kier molecular flexibility index (Phi) is 5.29. The van der Waals surface area contributed by atoms with Crippen molar-refractivity contribution in [3.63, 3.8) is 0 Å². The first-order chi connectivity index (χ1) is 11.4. The van der Waals surface area contributed by atoms with E-state index in [1.165, 1.54) is 0 Å². The summed E-state index contributed by atoms with van der Waals surface area (Å²) < 4.78 is 0. The highest BCUT2D eigenvalue weighted by Crippen LogP contribution is 2.37. The average molecular weight is 328 g/mol. The Morgan fingerprint density at radius 2 is 2.17 bits per heavy atom. The van der Waals surface area contributed by atoms with Crippen LogP contribution in [-0.4, -0.2) is 27.6 Å². The third-order valence-electron chi connectivity index (χ3n) is 4.02. The number of nitrogens with one attached hydrogen (secondary N) is 1. The first-order valence-electron chi connectivity index (χ1n) is 7.70. The van der Waals surface area contributed by atoms with E-state index in [0.717, 1.165) is 0 Å². The van der Waals surface area contributed by atoms with Crippen molar-refractivity contribution in [3.8, 4) is 12.3 Å². The summed E-state index contributed by atoms with van der Waals surface area (Å²) in [4.78, 5) is 27.5. The summed E-state index contributed by atoms with van der Waals surface area (Å²) in [5.74, 6) is 1.29. The summed E-state index contributed by atoms with van der Waals surface area (Å²) in [6.45, 7) is 1.68. The van der Waals surface area contributed by atoms with Gasteiger partial charge in [-0.1, -0.05) is 6.07 Å². The summed E-state index contributed by atoms with van der Waals surface area (Å²) in [6, 6.07) is 3.45. The maximum absolute atomic E-state index is 12.3. The van der Waals surface area contributed by atoms with Crippen LogP contribution in [0.25, 0.3) is 0 Å². The minimum Gasteiger partial charge on any atom is -0.481 e. The molecule has 0 bridgehead atoms. The lowest BCUT2D eigenvalue weighted by molar-refractivity contribution is -0.139. The lowest BCUT2D eigenvalue weighted by Crippen LogP contribution is -2.45. The van der Waals surface area contributed by atoms with Gasteiger partial charge in [0.2, 0.25) is 5.91 Å². The van der Waals surface area contributed by atoms with Gasteiger partial charge in [-0.3, -0.25) is 14.6 Å². The predicted octanol–water partition coefficient (Wildman–Crippen LogP) is 2.24. The first kappa shape index (κ1) is 17.6. The maximum atomic E-state index is 12.3. The van der Waals surface area contributed by atoms with Crippen molar-refractivity contribution in [2.45, 2.75) is 50.2 Å². The summed E-state index contributed by atoms with van der Waals surface area (Å²) in [5.41, 5.74) is -0.911. The molecule has 0 fully saturated rings. The Morgan fingerprint density at radius 1 is 1.42 bits per heavy atom. The van der Waals surface area contributed by atoms with E-state index in [9.17, 15) is 9.59 Å². The van der Waals surface area contributed by atoms with Crippen LogP contribution in [0.15, 0.2) is 34.8 Å². The minimum atomic E-state index is -1.03. The van der Waals surface area contributed by atoms with Gasteiger partial charge in [0.05, 0.1) is 12.0 Å². The average Bonchev–Trinajstić information content (AvgIpc) is 3.31. The number of hydrogen-bond acceptors (Lipinski definition) is 5. The summed E-state index contributed by atoms with van der Waals surface area (Å²) in [7, 11) is 0. The highest BCUT2D eigenvalue weighted by atomic mass is 16.4. The second kappa shape index (κ2) is 7.21. The molecule has 1 aromatic rings. The van der Waals surface area contributed by atoms with Crippen LogP contribution < -0.4 is 5.32 Å². The molecule has 7 heteroatoms. The Bertz CT molecular complexity index is 675. The van der Waals surface area contributed by atoms with Crippen LogP contribution in [0.3, 0.4) is 0 Å². The molecular weight excluding hydrogens is 308 g/mol. The van der Waals surface area contributed by atoms with E-state index in [-0.39, 0.29) is 18.7 Å². The minimum absolute atomic E-state index is 0.201. The van der Waals surface area contributed by atoms with Gasteiger partial charge in [0, 0.05) is 38.1 Å². The number of pyridine rings is 1. The molecule has 7 nitrogen and oxygen atoms in total. The van der Waals surface area contributed by atoms with Gasteiger partial charge >= 0.3 is 5.97 Å². The van der Waals surface area contributed by atoms with Gasteiger partial charge in [0.15, 0.2) is 5.66 Å². The molecule has 24 heavy (non-hydrogen) atoms. The third-order valence-corrected chi connectivity index (χ3v) is 4.02. The van der Waals surface area contributed by atoms with E-state index in [2.05, 4.69) is 26.4 Å². The fourth-order valence-electron chi connectivity index (χ4n) is 2.56. The molecule has 1 unspecified atom stereocenters. The molecular formula is C17H20N4O3. The number of aliphatic carboxylic acids is 1. The summed E-state index contributed by atoms with van der Waals surface area (Å²) in [5, 5.41) is 20.0. The molecule has 0 aliphatic carbocycles. The number of hydrogen-bond donors (Lipinski definition) is 2. The van der Waals surface area contributed by atoms with E-state index in [4.69, 9.17) is 11.5 Å². The second-order valence-corrected chi connectivity index (χ2v) is 6.08. The van der Waals surface area contributed by atoms with E-state index < -0.39 is 17.2 Å². The van der Waals surface area contributed by atoms with Gasteiger partial charge in [-0.25, -0.2) is 0 Å². The number of carbonyl (C=O) groups is 2. The van der Waals surface area contributed by atoms with Crippen LogP contribution in [0.1, 0.15) is 44.6 Å². The Morgan fingerprint density at radius 3 is 2.71 bits per heavy atom. The number of amides is 1. The maximum Gasteiger partial charge on any atom is 0.306 e. The first-order valence-corrected chi connectivity index (χ1v) is 7.70. The van der Waals surface area contributed by atoms with E-state index >= 15 is 0 Å². The summed E-state index contributed by atoms with van der Waals surface area (Å²) in [6.07, 6.45) is 10.0. The normalized spacial score (nSPS) is 16.7. The van der Waals surface area contributed by atoms with Gasteiger partial charge < -0.3 is 10.4 Å². The van der Waals surface area contributed by atoms with Crippen molar-refractivity contribution in [1.82, 2.24) is 10.3 Å². The predicted molar refractivity (Wildman–Crippen MR) is 86.9 cm³/mol. The van der Waals surface area contributed by atoms with Crippen molar-refractivity contribution in [3.05, 3.63) is 30.1 Å².